The maximum Gasteiger partial charge on any atom is 0.387 e. The van der Waals surface area contributed by atoms with E-state index in [0.717, 1.165) is 0 Å². The fraction of sp³-hybridized carbons (Fsp3) is 0.200. The Bertz CT molecular complexity index is 1030. The number of nitrogens with one attached hydrogen (secondary N) is 1. The molecule has 31 heavy (non-hydrogen) atoms. The number of aryl methyl sites for hydroxylation is 1. The number of aromatic nitrogens is 2. The monoisotopic (exact) mass is 451 g/mol. The van der Waals surface area contributed by atoms with E-state index in [1.807, 2.05) is 0 Å². The molecule has 0 saturated carbocycles. The molecule has 0 aliphatic carbocycles. The van der Waals surface area contributed by atoms with E-state index in [0.29, 0.717) is 22.1 Å². The third-order valence-electron chi connectivity index (χ3n) is 3.84. The molecule has 11 heteroatoms. The van der Waals surface area contributed by atoms with Crippen molar-refractivity contribution in [1.29, 1.82) is 0 Å². The Morgan fingerprint density at radius 1 is 1.10 bits per heavy atom. The van der Waals surface area contributed by atoms with Gasteiger partial charge in [-0.1, -0.05) is 16.8 Å². The molecule has 0 bridgehead atoms. The largest absolute Gasteiger partial charge is 0.456 e. The van der Waals surface area contributed by atoms with Gasteiger partial charge in [0.2, 0.25) is 11.7 Å². The molecule has 1 N–H and O–H groups in total. The summed E-state index contributed by atoms with van der Waals surface area (Å²) in [6.45, 7) is -3.44. The second-order valence-corrected chi connectivity index (χ2v) is 6.57. The van der Waals surface area contributed by atoms with Crippen molar-refractivity contribution >= 4 is 29.2 Å². The highest BCUT2D eigenvalue weighted by Crippen LogP contribution is 2.19. The van der Waals surface area contributed by atoms with Gasteiger partial charge in [-0.3, -0.25) is 9.59 Å². The average molecular weight is 452 g/mol. The molecule has 3 rings (SSSR count). The van der Waals surface area contributed by atoms with Gasteiger partial charge in [0.05, 0.1) is 6.42 Å². The van der Waals surface area contributed by atoms with Gasteiger partial charge in [-0.2, -0.15) is 13.8 Å². The molecule has 0 aliphatic rings. The number of alkyl halides is 2. The van der Waals surface area contributed by atoms with Crippen molar-refractivity contribution in [3.63, 3.8) is 0 Å². The van der Waals surface area contributed by atoms with Gasteiger partial charge in [0.25, 0.3) is 5.91 Å². The van der Waals surface area contributed by atoms with Crippen molar-refractivity contribution in [2.24, 2.45) is 0 Å². The molecule has 162 valence electrons. The number of benzene rings is 2. The quantitative estimate of drug-likeness (QED) is 0.488. The van der Waals surface area contributed by atoms with Crippen LogP contribution >= 0.6 is 11.6 Å². The van der Waals surface area contributed by atoms with Crippen molar-refractivity contribution in [3.05, 3.63) is 59.4 Å². The minimum atomic E-state index is -2.93. The van der Waals surface area contributed by atoms with Crippen LogP contribution in [0.4, 0.5) is 14.5 Å². The van der Waals surface area contributed by atoms with Gasteiger partial charge in [0.1, 0.15) is 5.75 Å². The van der Waals surface area contributed by atoms with Gasteiger partial charge < -0.3 is 19.3 Å². The second-order valence-electron chi connectivity index (χ2n) is 6.13. The molecule has 0 atom stereocenters. The lowest BCUT2D eigenvalue weighted by molar-refractivity contribution is -0.147. The van der Waals surface area contributed by atoms with Gasteiger partial charge in [-0.25, -0.2) is 0 Å². The fourth-order valence-corrected chi connectivity index (χ4v) is 2.54. The minimum absolute atomic E-state index is 0.0420. The Hall–Kier alpha value is -3.53. The number of ether oxygens (including phenoxy) is 2. The lowest BCUT2D eigenvalue weighted by Crippen LogP contribution is -2.21. The SMILES string of the molecule is O=C(COC(=O)CCc1nc(-c2ccc(Cl)cc2)no1)Nc1ccc(OC(F)F)cc1. The number of hydrogen-bond acceptors (Lipinski definition) is 7. The van der Waals surface area contributed by atoms with E-state index in [2.05, 4.69) is 20.2 Å². The number of esters is 1. The topological polar surface area (TPSA) is 104 Å². The van der Waals surface area contributed by atoms with Crippen molar-refractivity contribution in [2.45, 2.75) is 19.5 Å². The first-order valence-electron chi connectivity index (χ1n) is 8.98. The third-order valence-corrected chi connectivity index (χ3v) is 4.09. The first-order valence-corrected chi connectivity index (χ1v) is 9.36. The summed E-state index contributed by atoms with van der Waals surface area (Å²) >= 11 is 5.83. The van der Waals surface area contributed by atoms with Crippen LogP contribution in [-0.2, 0) is 20.7 Å². The number of anilines is 1. The van der Waals surface area contributed by atoms with Crippen LogP contribution < -0.4 is 10.1 Å². The Morgan fingerprint density at radius 2 is 1.81 bits per heavy atom. The smallest absolute Gasteiger partial charge is 0.387 e. The highest BCUT2D eigenvalue weighted by atomic mass is 35.5. The van der Waals surface area contributed by atoms with Gasteiger partial charge >= 0.3 is 12.6 Å². The minimum Gasteiger partial charge on any atom is -0.456 e. The van der Waals surface area contributed by atoms with E-state index in [9.17, 15) is 18.4 Å². The third kappa shape index (κ3) is 7.03. The van der Waals surface area contributed by atoms with E-state index in [-0.39, 0.29) is 24.5 Å². The highest BCUT2D eigenvalue weighted by molar-refractivity contribution is 6.30. The molecule has 8 nitrogen and oxygen atoms in total. The molecule has 0 spiro atoms. The summed E-state index contributed by atoms with van der Waals surface area (Å²) in [4.78, 5) is 27.9. The fourth-order valence-electron chi connectivity index (χ4n) is 2.42. The lowest BCUT2D eigenvalue weighted by atomic mass is 10.2. The first kappa shape index (κ1) is 22.2. The van der Waals surface area contributed by atoms with Crippen molar-refractivity contribution in [2.75, 3.05) is 11.9 Å². The molecule has 0 unspecified atom stereocenters. The number of halogens is 3. The molecule has 0 fully saturated rings. The Labute approximate surface area is 180 Å². The molecule has 0 radical (unpaired) electrons. The van der Waals surface area contributed by atoms with E-state index in [4.69, 9.17) is 20.9 Å². The van der Waals surface area contributed by atoms with E-state index in [1.54, 1.807) is 24.3 Å². The number of nitrogens with zero attached hydrogens (tertiary/aromatic N) is 2. The van der Waals surface area contributed by atoms with Gasteiger partial charge in [-0.15, -0.1) is 0 Å². The highest BCUT2D eigenvalue weighted by Gasteiger charge is 2.13. The zero-order chi connectivity index (χ0) is 22.2. The van der Waals surface area contributed by atoms with E-state index in [1.165, 1.54) is 24.3 Å². The van der Waals surface area contributed by atoms with Gasteiger partial charge in [0, 0.05) is 22.7 Å². The molecule has 1 amide bonds. The van der Waals surface area contributed by atoms with Crippen LogP contribution in [0.5, 0.6) is 5.75 Å². The van der Waals surface area contributed by atoms with Crippen LogP contribution in [0.1, 0.15) is 12.3 Å². The maximum atomic E-state index is 12.1. The number of rotatable bonds is 9. The number of carbonyl (C=O) groups is 2. The Balaban J connectivity index is 1.40. The molecular weight excluding hydrogens is 436 g/mol. The van der Waals surface area contributed by atoms with Crippen LogP contribution in [0.25, 0.3) is 11.4 Å². The van der Waals surface area contributed by atoms with Crippen LogP contribution in [0, 0.1) is 0 Å². The predicted molar refractivity (Wildman–Crippen MR) is 106 cm³/mol. The summed E-state index contributed by atoms with van der Waals surface area (Å²) in [6.07, 6.45) is 0.0852. The van der Waals surface area contributed by atoms with Crippen LogP contribution in [-0.4, -0.2) is 35.2 Å². The molecule has 0 aliphatic heterocycles. The number of carbonyl (C=O) groups excluding carboxylic acids is 2. The Kier molecular flexibility index (Phi) is 7.50. The molecule has 0 saturated heterocycles. The van der Waals surface area contributed by atoms with Crippen molar-refractivity contribution < 1.29 is 32.4 Å². The zero-order valence-corrected chi connectivity index (χ0v) is 16.6. The maximum absolute atomic E-state index is 12.1. The molecule has 3 aromatic rings. The summed E-state index contributed by atoms with van der Waals surface area (Å²) in [6, 6.07) is 12.2. The van der Waals surface area contributed by atoms with Gasteiger partial charge in [0.15, 0.2) is 6.61 Å². The first-order chi connectivity index (χ1) is 14.9. The molecule has 1 aromatic heterocycles. The van der Waals surface area contributed by atoms with E-state index >= 15 is 0 Å². The van der Waals surface area contributed by atoms with Crippen LogP contribution in [0.15, 0.2) is 53.1 Å². The van der Waals surface area contributed by atoms with Crippen LogP contribution in [0.3, 0.4) is 0 Å². The van der Waals surface area contributed by atoms with Crippen molar-refractivity contribution in [3.8, 4) is 17.1 Å². The summed E-state index contributed by atoms with van der Waals surface area (Å²) in [7, 11) is 0. The predicted octanol–water partition coefficient (Wildman–Crippen LogP) is 4.11. The van der Waals surface area contributed by atoms with Gasteiger partial charge in [-0.05, 0) is 48.5 Å². The Morgan fingerprint density at radius 3 is 2.48 bits per heavy atom. The van der Waals surface area contributed by atoms with Crippen LogP contribution in [0.2, 0.25) is 5.02 Å². The summed E-state index contributed by atoms with van der Waals surface area (Å²) in [5.41, 5.74) is 1.05. The molecule has 1 heterocycles. The molecule has 2 aromatic carbocycles. The standard InChI is InChI=1S/C20H16ClF2N3O5/c21-13-3-1-12(2-4-13)19-25-17(31-26-19)9-10-18(28)29-11-16(27)24-14-5-7-15(8-6-14)30-20(22)23/h1-8,20H,9-11H2,(H,24,27). The number of amides is 1. The number of hydrogen-bond donors (Lipinski definition) is 1. The summed E-state index contributed by atoms with van der Waals surface area (Å²) in [5, 5.41) is 6.89. The summed E-state index contributed by atoms with van der Waals surface area (Å²) < 4.78 is 38.4. The summed E-state index contributed by atoms with van der Waals surface area (Å²) in [5.74, 6) is -0.637. The van der Waals surface area contributed by atoms with E-state index < -0.39 is 25.1 Å². The van der Waals surface area contributed by atoms with Crippen molar-refractivity contribution in [1.82, 2.24) is 10.1 Å². The average Bonchev–Trinajstić information content (AvgIpc) is 3.21. The molecular formula is C20H16ClF2N3O5. The lowest BCUT2D eigenvalue weighted by Gasteiger charge is -2.08. The normalized spacial score (nSPS) is 10.7. The zero-order valence-electron chi connectivity index (χ0n) is 15.9. The second kappa shape index (κ2) is 10.5.